The lowest BCUT2D eigenvalue weighted by atomic mass is 10.1. The summed E-state index contributed by atoms with van der Waals surface area (Å²) in [6.45, 7) is 1.18. The highest BCUT2D eigenvalue weighted by atomic mass is 32.2. The zero-order chi connectivity index (χ0) is 16.4. The van der Waals surface area contributed by atoms with Gasteiger partial charge in [0, 0.05) is 25.2 Å². The molecule has 2 aliphatic heterocycles. The van der Waals surface area contributed by atoms with Crippen molar-refractivity contribution in [2.75, 3.05) is 25.4 Å². The van der Waals surface area contributed by atoms with Crippen LogP contribution in [0.25, 0.3) is 0 Å². The van der Waals surface area contributed by atoms with Gasteiger partial charge in [-0.25, -0.2) is 18.2 Å². The topological polar surface area (TPSA) is 78.5 Å². The Balaban J connectivity index is 1.80. The molecule has 0 radical (unpaired) electrons. The Kier molecular flexibility index (Phi) is 4.65. The average molecular weight is 341 g/mol. The zero-order valence-electron chi connectivity index (χ0n) is 12.7. The van der Waals surface area contributed by atoms with Crippen LogP contribution in [-0.2, 0) is 14.6 Å². The molecule has 0 aliphatic carbocycles. The summed E-state index contributed by atoms with van der Waals surface area (Å²) in [5, 5.41) is -0.892. The maximum absolute atomic E-state index is 14.0. The van der Waals surface area contributed by atoms with Crippen LogP contribution >= 0.6 is 0 Å². The molecule has 0 spiro atoms. The zero-order valence-corrected chi connectivity index (χ0v) is 13.5. The third kappa shape index (κ3) is 3.39. The van der Waals surface area contributed by atoms with Crippen LogP contribution in [0.4, 0.5) is 4.39 Å². The minimum Gasteiger partial charge on any atom is -0.340 e. The number of carbonyl (C=O) groups is 1. The Morgan fingerprint density at radius 2 is 2.00 bits per heavy atom. The normalized spacial score (nSPS) is 27.6. The molecular formula is C15H20FN3O3S. The Morgan fingerprint density at radius 3 is 2.70 bits per heavy atom. The van der Waals surface area contributed by atoms with Crippen molar-refractivity contribution in [2.45, 2.75) is 24.1 Å². The number of hydrazine groups is 1. The van der Waals surface area contributed by atoms with E-state index in [-0.39, 0.29) is 36.2 Å². The Bertz CT molecular complexity index is 689. The molecular weight excluding hydrogens is 321 g/mol. The Labute approximate surface area is 134 Å². The van der Waals surface area contributed by atoms with E-state index >= 15 is 0 Å². The molecule has 6 nitrogen and oxygen atoms in total. The number of rotatable bonds is 2. The minimum absolute atomic E-state index is 0.0978. The fraction of sp³-hybridized carbons (Fsp3) is 0.533. The molecule has 23 heavy (non-hydrogen) atoms. The van der Waals surface area contributed by atoms with Crippen LogP contribution in [0.1, 0.15) is 23.7 Å². The largest absolute Gasteiger partial charge is 0.340 e. The van der Waals surface area contributed by atoms with Crippen LogP contribution in [0.3, 0.4) is 0 Å². The Hall–Kier alpha value is -1.51. The van der Waals surface area contributed by atoms with Gasteiger partial charge in [-0.2, -0.15) is 0 Å². The summed E-state index contributed by atoms with van der Waals surface area (Å²) in [5.41, 5.74) is 5.99. The van der Waals surface area contributed by atoms with Gasteiger partial charge in [0.2, 0.25) is 5.91 Å². The summed E-state index contributed by atoms with van der Waals surface area (Å²) in [5.74, 6) is -0.750. The van der Waals surface area contributed by atoms with Crippen molar-refractivity contribution in [3.05, 3.63) is 35.6 Å². The first-order valence-electron chi connectivity index (χ1n) is 7.72. The number of sulfone groups is 1. The number of nitrogens with zero attached hydrogens (tertiary/aromatic N) is 1. The van der Waals surface area contributed by atoms with Crippen LogP contribution in [-0.4, -0.2) is 50.7 Å². The molecule has 3 rings (SSSR count). The second kappa shape index (κ2) is 6.54. The number of halogens is 1. The van der Waals surface area contributed by atoms with E-state index in [1.54, 1.807) is 11.0 Å². The van der Waals surface area contributed by atoms with Crippen molar-refractivity contribution < 1.29 is 17.6 Å². The fourth-order valence-corrected chi connectivity index (χ4v) is 4.94. The van der Waals surface area contributed by atoms with Gasteiger partial charge in [0.05, 0.1) is 11.0 Å². The number of benzene rings is 1. The van der Waals surface area contributed by atoms with Crippen LogP contribution in [0.15, 0.2) is 24.3 Å². The molecule has 2 atom stereocenters. The Morgan fingerprint density at radius 1 is 1.22 bits per heavy atom. The van der Waals surface area contributed by atoms with Crippen molar-refractivity contribution in [2.24, 2.45) is 0 Å². The van der Waals surface area contributed by atoms with Crippen LogP contribution in [0, 0.1) is 5.82 Å². The predicted molar refractivity (Wildman–Crippen MR) is 83.7 cm³/mol. The molecule has 126 valence electrons. The second-order valence-electron chi connectivity index (χ2n) is 5.90. The van der Waals surface area contributed by atoms with Crippen LogP contribution < -0.4 is 10.9 Å². The first-order chi connectivity index (χ1) is 11.0. The first kappa shape index (κ1) is 16.4. The third-order valence-electron chi connectivity index (χ3n) is 4.44. The molecule has 1 aromatic carbocycles. The number of hydrogen-bond donors (Lipinski definition) is 2. The molecule has 0 aromatic heterocycles. The van der Waals surface area contributed by atoms with E-state index in [1.165, 1.54) is 18.2 Å². The lowest BCUT2D eigenvalue weighted by Gasteiger charge is -2.23. The van der Waals surface area contributed by atoms with Gasteiger partial charge in [-0.3, -0.25) is 10.2 Å². The molecule has 2 heterocycles. The van der Waals surface area contributed by atoms with Crippen molar-refractivity contribution in [3.8, 4) is 0 Å². The highest BCUT2D eigenvalue weighted by Gasteiger charge is 2.36. The number of nitrogens with one attached hydrogen (secondary N) is 2. The SMILES string of the molecule is O=C(C1CCNN1)N1CCC(c2ccccc2F)S(=O)(=O)CC1. The smallest absolute Gasteiger partial charge is 0.241 e. The third-order valence-corrected chi connectivity index (χ3v) is 6.54. The summed E-state index contributed by atoms with van der Waals surface area (Å²) in [4.78, 5) is 14.0. The fourth-order valence-electron chi connectivity index (χ4n) is 3.14. The average Bonchev–Trinajstić information content (AvgIpc) is 3.00. The second-order valence-corrected chi connectivity index (χ2v) is 8.21. The van der Waals surface area contributed by atoms with E-state index in [1.807, 2.05) is 0 Å². The maximum Gasteiger partial charge on any atom is 0.241 e. The van der Waals surface area contributed by atoms with Crippen molar-refractivity contribution in [1.82, 2.24) is 15.8 Å². The summed E-state index contributed by atoms with van der Waals surface area (Å²) >= 11 is 0. The molecule has 2 unspecified atom stereocenters. The summed E-state index contributed by atoms with van der Waals surface area (Å²) in [7, 11) is -3.50. The van der Waals surface area contributed by atoms with E-state index in [9.17, 15) is 17.6 Å². The van der Waals surface area contributed by atoms with Crippen LogP contribution in [0.2, 0.25) is 0 Å². The lowest BCUT2D eigenvalue weighted by molar-refractivity contribution is -0.132. The monoisotopic (exact) mass is 341 g/mol. The summed E-state index contributed by atoms with van der Waals surface area (Å²) in [6, 6.07) is 5.64. The predicted octanol–water partition coefficient (Wildman–Crippen LogP) is 0.380. The van der Waals surface area contributed by atoms with Gasteiger partial charge < -0.3 is 4.90 Å². The van der Waals surface area contributed by atoms with Gasteiger partial charge in [0.1, 0.15) is 11.9 Å². The van der Waals surface area contributed by atoms with E-state index in [0.29, 0.717) is 19.5 Å². The van der Waals surface area contributed by atoms with Crippen LogP contribution in [0.5, 0.6) is 0 Å². The van der Waals surface area contributed by atoms with E-state index in [4.69, 9.17) is 0 Å². The number of amides is 1. The van der Waals surface area contributed by atoms with E-state index in [2.05, 4.69) is 10.9 Å². The number of hydrogen-bond acceptors (Lipinski definition) is 5. The molecule has 0 bridgehead atoms. The van der Waals surface area contributed by atoms with Gasteiger partial charge in [-0.15, -0.1) is 0 Å². The molecule has 2 N–H and O–H groups in total. The van der Waals surface area contributed by atoms with Gasteiger partial charge in [-0.05, 0) is 18.9 Å². The lowest BCUT2D eigenvalue weighted by Crippen LogP contribution is -2.46. The maximum atomic E-state index is 14.0. The molecule has 0 saturated carbocycles. The molecule has 1 aromatic rings. The molecule has 2 fully saturated rings. The minimum atomic E-state index is -3.50. The van der Waals surface area contributed by atoms with Crippen molar-refractivity contribution in [1.29, 1.82) is 0 Å². The molecule has 2 aliphatic rings. The molecule has 1 amide bonds. The highest BCUT2D eigenvalue weighted by molar-refractivity contribution is 7.91. The standard InChI is InChI=1S/C15H20FN3O3S/c16-12-4-2-1-3-11(12)14-6-8-19(9-10-23(14,21)22)15(20)13-5-7-17-18-13/h1-4,13-14,17-18H,5-10H2. The summed E-state index contributed by atoms with van der Waals surface area (Å²) < 4.78 is 39.0. The van der Waals surface area contributed by atoms with E-state index < -0.39 is 20.9 Å². The first-order valence-corrected chi connectivity index (χ1v) is 9.44. The van der Waals surface area contributed by atoms with Gasteiger partial charge in [0.15, 0.2) is 9.84 Å². The highest BCUT2D eigenvalue weighted by Crippen LogP contribution is 2.31. The van der Waals surface area contributed by atoms with Crippen molar-refractivity contribution in [3.63, 3.8) is 0 Å². The van der Waals surface area contributed by atoms with Gasteiger partial charge in [-0.1, -0.05) is 18.2 Å². The summed E-state index contributed by atoms with van der Waals surface area (Å²) in [6.07, 6.45) is 0.897. The quantitative estimate of drug-likeness (QED) is 0.813. The van der Waals surface area contributed by atoms with Gasteiger partial charge in [0.25, 0.3) is 0 Å². The van der Waals surface area contributed by atoms with E-state index in [0.717, 1.165) is 0 Å². The molecule has 8 heteroatoms. The van der Waals surface area contributed by atoms with Crippen molar-refractivity contribution >= 4 is 15.7 Å². The number of carbonyl (C=O) groups excluding carboxylic acids is 1. The van der Waals surface area contributed by atoms with Gasteiger partial charge >= 0.3 is 0 Å². The molecule has 2 saturated heterocycles.